The first-order valence-corrected chi connectivity index (χ1v) is 11.5. The second-order valence-corrected chi connectivity index (χ2v) is 8.93. The lowest BCUT2D eigenvalue weighted by Crippen LogP contribution is -2.30. The van der Waals surface area contributed by atoms with E-state index in [1.54, 1.807) is 0 Å². The highest BCUT2D eigenvalue weighted by atomic mass is 32.1. The van der Waals surface area contributed by atoms with Crippen LogP contribution in [0.1, 0.15) is 29.0 Å². The van der Waals surface area contributed by atoms with E-state index in [4.69, 9.17) is 12.2 Å². The summed E-state index contributed by atoms with van der Waals surface area (Å²) in [4.78, 5) is 8.98. The molecule has 0 radical (unpaired) electrons. The van der Waals surface area contributed by atoms with Gasteiger partial charge in [0, 0.05) is 49.2 Å². The topological polar surface area (TPSA) is 36.3 Å². The monoisotopic (exact) mass is 453 g/mol. The van der Waals surface area contributed by atoms with Gasteiger partial charge in [-0.15, -0.1) is 0 Å². The van der Waals surface area contributed by atoms with Gasteiger partial charge in [0.1, 0.15) is 6.04 Å². The predicted octanol–water partition coefficient (Wildman–Crippen LogP) is 5.42. The van der Waals surface area contributed by atoms with E-state index in [9.17, 15) is 0 Å². The van der Waals surface area contributed by atoms with Crippen LogP contribution in [0.5, 0.6) is 0 Å². The minimum Gasteiger partial charge on any atom is -0.378 e. The Kier molecular flexibility index (Phi) is 5.60. The van der Waals surface area contributed by atoms with Crippen molar-refractivity contribution in [3.8, 4) is 5.69 Å². The van der Waals surface area contributed by atoms with Crippen LogP contribution in [0.25, 0.3) is 5.69 Å². The van der Waals surface area contributed by atoms with E-state index in [2.05, 4.69) is 105 Å². The number of nitrogens with one attached hydrogen (secondary N) is 1. The van der Waals surface area contributed by atoms with Crippen molar-refractivity contribution < 1.29 is 0 Å². The predicted molar refractivity (Wildman–Crippen MR) is 139 cm³/mol. The van der Waals surface area contributed by atoms with Gasteiger partial charge in [-0.2, -0.15) is 0 Å². The van der Waals surface area contributed by atoms with Crippen molar-refractivity contribution in [2.75, 3.05) is 23.9 Å². The first kappa shape index (κ1) is 21.2. The summed E-state index contributed by atoms with van der Waals surface area (Å²) in [6.07, 6.45) is 3.95. The van der Waals surface area contributed by atoms with Crippen LogP contribution >= 0.6 is 12.2 Å². The number of hydrogen-bond acceptors (Lipinski definition) is 3. The van der Waals surface area contributed by atoms with E-state index >= 15 is 0 Å². The number of aromatic nitrogens is 2. The molecule has 5 rings (SSSR count). The minimum atomic E-state index is -0.0775. The van der Waals surface area contributed by atoms with Gasteiger partial charge in [-0.1, -0.05) is 23.8 Å². The van der Waals surface area contributed by atoms with E-state index in [1.807, 2.05) is 32.4 Å². The molecule has 2 aromatic heterocycles. The standard InChI is InChI=1S/C27H27N5S/c1-19-9-11-21(12-10-19)31-18-6-8-24(31)26-25(23-7-4-5-17-28-23)29-27(33)32(26)22-15-13-20(14-16-22)30(2)3/h4-18,25-26H,1-3H3,(H,29,33)/t25-,26+/m0/s1. The fraction of sp³-hybridized carbons (Fsp3) is 0.185. The van der Waals surface area contributed by atoms with Gasteiger partial charge in [0.2, 0.25) is 0 Å². The molecule has 1 aliphatic rings. The van der Waals surface area contributed by atoms with E-state index in [0.29, 0.717) is 5.11 Å². The maximum Gasteiger partial charge on any atom is 0.174 e. The zero-order valence-corrected chi connectivity index (χ0v) is 19.8. The van der Waals surface area contributed by atoms with Crippen molar-refractivity contribution in [2.24, 2.45) is 0 Å². The van der Waals surface area contributed by atoms with Crippen LogP contribution in [0, 0.1) is 6.92 Å². The molecular weight excluding hydrogens is 426 g/mol. The summed E-state index contributed by atoms with van der Waals surface area (Å²) >= 11 is 5.88. The molecule has 1 fully saturated rings. The molecule has 0 saturated carbocycles. The normalized spacial score (nSPS) is 17.8. The van der Waals surface area contributed by atoms with Crippen LogP contribution in [0.3, 0.4) is 0 Å². The van der Waals surface area contributed by atoms with E-state index in [1.165, 1.54) is 5.56 Å². The smallest absolute Gasteiger partial charge is 0.174 e. The summed E-state index contributed by atoms with van der Waals surface area (Å²) in [6, 6.07) is 27.3. The average molecular weight is 454 g/mol. The van der Waals surface area contributed by atoms with Crippen LogP contribution in [-0.4, -0.2) is 28.8 Å². The highest BCUT2D eigenvalue weighted by Crippen LogP contribution is 2.42. The molecular formula is C27H27N5S. The molecule has 6 heteroatoms. The molecule has 0 aliphatic carbocycles. The van der Waals surface area contributed by atoms with Gasteiger partial charge in [0.15, 0.2) is 5.11 Å². The van der Waals surface area contributed by atoms with E-state index < -0.39 is 0 Å². The van der Waals surface area contributed by atoms with Gasteiger partial charge in [-0.3, -0.25) is 4.98 Å². The van der Waals surface area contributed by atoms with Gasteiger partial charge in [-0.05, 0) is 79.8 Å². The van der Waals surface area contributed by atoms with Crippen LogP contribution < -0.4 is 15.1 Å². The van der Waals surface area contributed by atoms with Crippen molar-refractivity contribution in [1.29, 1.82) is 0 Å². The second-order valence-electron chi connectivity index (χ2n) is 8.55. The third-order valence-electron chi connectivity index (χ3n) is 6.14. The Balaban J connectivity index is 1.63. The lowest BCUT2D eigenvalue weighted by atomic mass is 10.0. The molecule has 0 unspecified atom stereocenters. The van der Waals surface area contributed by atoms with Gasteiger partial charge in [0.05, 0.1) is 11.7 Å². The lowest BCUT2D eigenvalue weighted by Gasteiger charge is -2.29. The number of rotatable bonds is 5. The molecule has 166 valence electrons. The third kappa shape index (κ3) is 3.98. The van der Waals surface area contributed by atoms with Crippen molar-refractivity contribution >= 4 is 28.7 Å². The SMILES string of the molecule is Cc1ccc(-n2cccc2[C@@H]2[C@H](c3ccccn3)NC(=S)N2c2ccc(N(C)C)cc2)cc1. The highest BCUT2D eigenvalue weighted by molar-refractivity contribution is 7.80. The largest absolute Gasteiger partial charge is 0.378 e. The molecule has 1 aliphatic heterocycles. The number of hydrogen-bond donors (Lipinski definition) is 1. The maximum atomic E-state index is 5.88. The van der Waals surface area contributed by atoms with Gasteiger partial charge in [0.25, 0.3) is 0 Å². The number of pyridine rings is 1. The molecule has 1 saturated heterocycles. The van der Waals surface area contributed by atoms with Gasteiger partial charge in [-0.25, -0.2) is 0 Å². The van der Waals surface area contributed by atoms with E-state index in [0.717, 1.165) is 28.5 Å². The van der Waals surface area contributed by atoms with Crippen LogP contribution in [0.2, 0.25) is 0 Å². The number of aryl methyl sites for hydroxylation is 1. The van der Waals surface area contributed by atoms with Crippen molar-refractivity contribution in [3.63, 3.8) is 0 Å². The lowest BCUT2D eigenvalue weighted by molar-refractivity contribution is 0.549. The van der Waals surface area contributed by atoms with E-state index in [-0.39, 0.29) is 12.1 Å². The molecule has 1 N–H and O–H groups in total. The molecule has 0 amide bonds. The molecule has 2 atom stereocenters. The molecule has 0 spiro atoms. The fourth-order valence-electron chi connectivity index (χ4n) is 4.42. The van der Waals surface area contributed by atoms with Crippen molar-refractivity contribution in [3.05, 3.63) is 108 Å². The zero-order valence-electron chi connectivity index (χ0n) is 19.0. The Bertz CT molecular complexity index is 1250. The Morgan fingerprint density at radius 2 is 1.61 bits per heavy atom. The van der Waals surface area contributed by atoms with Crippen molar-refractivity contribution in [2.45, 2.75) is 19.0 Å². The summed E-state index contributed by atoms with van der Waals surface area (Å²) in [6.45, 7) is 2.11. The minimum absolute atomic E-state index is 0.0612. The second kappa shape index (κ2) is 8.71. The average Bonchev–Trinajstić information content (AvgIpc) is 3.44. The van der Waals surface area contributed by atoms with Crippen LogP contribution in [-0.2, 0) is 0 Å². The number of anilines is 2. The third-order valence-corrected chi connectivity index (χ3v) is 6.45. The number of thiocarbonyl (C=S) groups is 1. The Morgan fingerprint density at radius 3 is 2.27 bits per heavy atom. The summed E-state index contributed by atoms with van der Waals surface area (Å²) in [7, 11) is 4.09. The number of nitrogens with zero attached hydrogens (tertiary/aromatic N) is 4. The molecule has 4 aromatic rings. The molecule has 0 bridgehead atoms. The van der Waals surface area contributed by atoms with Crippen molar-refractivity contribution in [1.82, 2.24) is 14.9 Å². The molecule has 3 heterocycles. The van der Waals surface area contributed by atoms with Crippen LogP contribution in [0.15, 0.2) is 91.3 Å². The molecule has 2 aromatic carbocycles. The summed E-state index contributed by atoms with van der Waals surface area (Å²) in [5, 5.41) is 4.25. The highest BCUT2D eigenvalue weighted by Gasteiger charge is 2.42. The Morgan fingerprint density at radius 1 is 0.879 bits per heavy atom. The number of benzene rings is 2. The summed E-state index contributed by atoms with van der Waals surface area (Å²) in [5.74, 6) is 0. The summed E-state index contributed by atoms with van der Waals surface area (Å²) < 4.78 is 2.25. The Labute approximate surface area is 200 Å². The van der Waals surface area contributed by atoms with Gasteiger partial charge < -0.3 is 19.7 Å². The maximum absolute atomic E-state index is 5.88. The molecule has 33 heavy (non-hydrogen) atoms. The quantitative estimate of drug-likeness (QED) is 0.408. The van der Waals surface area contributed by atoms with Crippen LogP contribution in [0.4, 0.5) is 11.4 Å². The van der Waals surface area contributed by atoms with Gasteiger partial charge >= 0.3 is 0 Å². The Hall–Kier alpha value is -3.64. The first-order valence-electron chi connectivity index (χ1n) is 11.1. The molecule has 5 nitrogen and oxygen atoms in total. The zero-order chi connectivity index (χ0) is 22.9. The fourth-order valence-corrected chi connectivity index (χ4v) is 4.77. The first-order chi connectivity index (χ1) is 16.0. The summed E-state index contributed by atoms with van der Waals surface area (Å²) in [5.41, 5.74) is 6.69.